The maximum Gasteiger partial charge on any atom is 0.349 e. The summed E-state index contributed by atoms with van der Waals surface area (Å²) in [5, 5.41) is 9.10. The van der Waals surface area contributed by atoms with E-state index in [1.807, 2.05) is 36.4 Å². The summed E-state index contributed by atoms with van der Waals surface area (Å²) in [5.74, 6) is 0.858. The van der Waals surface area contributed by atoms with Gasteiger partial charge in [0.15, 0.2) is 0 Å². The van der Waals surface area contributed by atoms with Crippen molar-refractivity contribution in [3.05, 3.63) is 105 Å². The minimum absolute atomic E-state index is 0.0643. The number of para-hydroxylation sites is 1. The van der Waals surface area contributed by atoms with Gasteiger partial charge in [0.1, 0.15) is 5.82 Å². The lowest BCUT2D eigenvalue weighted by Crippen LogP contribution is -2.64. The van der Waals surface area contributed by atoms with E-state index < -0.39 is 0 Å². The molecule has 3 heterocycles. The van der Waals surface area contributed by atoms with Gasteiger partial charge >= 0.3 is 5.69 Å². The first-order chi connectivity index (χ1) is 17.0. The molecule has 35 heavy (non-hydrogen) atoms. The molecule has 178 valence electrons. The minimum atomic E-state index is -0.370. The van der Waals surface area contributed by atoms with Crippen LogP contribution >= 0.6 is 11.6 Å². The van der Waals surface area contributed by atoms with Crippen molar-refractivity contribution in [1.29, 1.82) is 0 Å². The fourth-order valence-corrected chi connectivity index (χ4v) is 5.89. The Labute approximate surface area is 209 Å². The number of rotatable bonds is 4. The number of halogens is 1. The molecule has 2 aliphatic heterocycles. The number of anilines is 1. The van der Waals surface area contributed by atoms with Crippen molar-refractivity contribution in [3.8, 4) is 0 Å². The fourth-order valence-electron chi connectivity index (χ4n) is 5.76. The number of aromatic nitrogens is 2. The molecule has 3 aromatic carbocycles. The molecule has 0 bridgehead atoms. The van der Waals surface area contributed by atoms with E-state index >= 15 is 0 Å². The van der Waals surface area contributed by atoms with Crippen molar-refractivity contribution in [2.24, 2.45) is 0 Å². The van der Waals surface area contributed by atoms with Crippen LogP contribution in [-0.2, 0) is 6.54 Å². The van der Waals surface area contributed by atoms with Gasteiger partial charge in [-0.2, -0.15) is 4.98 Å². The smallest absolute Gasteiger partial charge is 0.349 e. The van der Waals surface area contributed by atoms with Crippen LogP contribution in [0.1, 0.15) is 24.1 Å². The van der Waals surface area contributed by atoms with Crippen molar-refractivity contribution >= 4 is 28.3 Å². The van der Waals surface area contributed by atoms with Crippen LogP contribution in [-0.4, -0.2) is 45.7 Å². The average molecular weight is 486 g/mol. The van der Waals surface area contributed by atoms with E-state index in [4.69, 9.17) is 11.6 Å². The zero-order valence-corrected chi connectivity index (χ0v) is 20.4. The number of nitrogens with zero attached hydrogens (tertiary/aromatic N) is 3. The molecule has 6 rings (SSSR count). The normalized spacial score (nSPS) is 23.1. The molecule has 0 radical (unpaired) electrons. The van der Waals surface area contributed by atoms with Crippen LogP contribution in [0.3, 0.4) is 0 Å². The maximum absolute atomic E-state index is 13.0. The van der Waals surface area contributed by atoms with Crippen LogP contribution in [0.5, 0.6) is 0 Å². The van der Waals surface area contributed by atoms with E-state index in [2.05, 4.69) is 69.9 Å². The Morgan fingerprint density at radius 2 is 1.71 bits per heavy atom. The molecule has 3 unspecified atom stereocenters. The first-order valence-electron chi connectivity index (χ1n) is 12.1. The van der Waals surface area contributed by atoms with E-state index in [-0.39, 0.29) is 23.3 Å². The Bertz CT molecular complexity index is 1420. The molecule has 7 heteroatoms. The molecular formula is C28H28ClN5O. The molecule has 6 nitrogen and oxygen atoms in total. The number of nitrogens with one attached hydrogen (secondary N) is 2. The lowest BCUT2D eigenvalue weighted by atomic mass is 9.86. The van der Waals surface area contributed by atoms with Crippen LogP contribution in [0.4, 0.5) is 5.82 Å². The third-order valence-electron chi connectivity index (χ3n) is 7.42. The van der Waals surface area contributed by atoms with Crippen LogP contribution in [0.15, 0.2) is 83.7 Å². The van der Waals surface area contributed by atoms with Gasteiger partial charge in [-0.15, -0.1) is 0 Å². The largest absolute Gasteiger partial charge is 0.362 e. The Kier molecular flexibility index (Phi) is 5.60. The molecule has 0 aliphatic carbocycles. The van der Waals surface area contributed by atoms with Gasteiger partial charge in [0.2, 0.25) is 0 Å². The Morgan fingerprint density at radius 1 is 1.00 bits per heavy atom. The van der Waals surface area contributed by atoms with Gasteiger partial charge in [0.25, 0.3) is 0 Å². The van der Waals surface area contributed by atoms with Gasteiger partial charge in [-0.05, 0) is 42.3 Å². The molecule has 2 N–H and O–H groups in total. The highest BCUT2D eigenvalue weighted by Gasteiger charge is 2.46. The fraction of sp³-hybridized carbons (Fsp3) is 0.286. The number of fused-ring (bicyclic) bond motifs is 3. The molecule has 1 fully saturated rings. The van der Waals surface area contributed by atoms with E-state index in [0.29, 0.717) is 6.54 Å². The van der Waals surface area contributed by atoms with Gasteiger partial charge in [0.05, 0.1) is 23.6 Å². The molecule has 0 saturated carbocycles. The number of hydrogen-bond donors (Lipinski definition) is 2. The van der Waals surface area contributed by atoms with E-state index in [1.54, 1.807) is 4.57 Å². The second-order valence-corrected chi connectivity index (χ2v) is 10.1. The predicted octanol–water partition coefficient (Wildman–Crippen LogP) is 4.30. The van der Waals surface area contributed by atoms with Gasteiger partial charge in [-0.3, -0.25) is 9.47 Å². The highest BCUT2D eigenvalue weighted by Crippen LogP contribution is 2.39. The van der Waals surface area contributed by atoms with E-state index in [9.17, 15) is 4.79 Å². The lowest BCUT2D eigenvalue weighted by molar-refractivity contribution is 0.0784. The molecule has 4 aromatic rings. The van der Waals surface area contributed by atoms with Gasteiger partial charge in [0, 0.05) is 36.1 Å². The lowest BCUT2D eigenvalue weighted by Gasteiger charge is -2.48. The monoisotopic (exact) mass is 485 g/mol. The first kappa shape index (κ1) is 22.3. The molecule has 0 amide bonds. The summed E-state index contributed by atoms with van der Waals surface area (Å²) < 4.78 is 1.80. The molecule has 1 saturated heterocycles. The first-order valence-corrected chi connectivity index (χ1v) is 12.5. The van der Waals surface area contributed by atoms with E-state index in [1.165, 1.54) is 11.1 Å². The van der Waals surface area contributed by atoms with Crippen molar-refractivity contribution in [2.75, 3.05) is 25.0 Å². The summed E-state index contributed by atoms with van der Waals surface area (Å²) in [6, 6.07) is 26.8. The summed E-state index contributed by atoms with van der Waals surface area (Å²) >= 11 is 6.24. The standard InChI is InChI=1S/C28H28ClN5O/c1-28(18-34-26(32-28)22-9-5-6-10-23(22)31-27(34)35)24-17-30-15-16-33(24)25(19-7-3-2-4-8-19)20-11-13-21(29)14-12-20/h2-14,24-25,30,32H,15-18H2,1H3. The Hall–Kier alpha value is -3.19. The third-order valence-corrected chi connectivity index (χ3v) is 7.67. The zero-order valence-electron chi connectivity index (χ0n) is 19.6. The Balaban J connectivity index is 1.43. The summed E-state index contributed by atoms with van der Waals surface area (Å²) in [4.78, 5) is 19.9. The Morgan fingerprint density at radius 3 is 2.51 bits per heavy atom. The third kappa shape index (κ3) is 3.92. The van der Waals surface area contributed by atoms with Crippen molar-refractivity contribution in [1.82, 2.24) is 19.8 Å². The summed E-state index contributed by atoms with van der Waals surface area (Å²) in [6.45, 7) is 5.39. The summed E-state index contributed by atoms with van der Waals surface area (Å²) in [5.41, 5.74) is 2.59. The number of hydrogen-bond acceptors (Lipinski definition) is 5. The maximum atomic E-state index is 13.0. The highest BCUT2D eigenvalue weighted by atomic mass is 35.5. The second kappa shape index (κ2) is 8.79. The van der Waals surface area contributed by atoms with Crippen LogP contribution < -0.4 is 16.3 Å². The van der Waals surface area contributed by atoms with E-state index in [0.717, 1.165) is 41.4 Å². The van der Waals surface area contributed by atoms with Gasteiger partial charge in [-0.25, -0.2) is 4.79 Å². The second-order valence-electron chi connectivity index (χ2n) is 9.71. The molecule has 1 aromatic heterocycles. The van der Waals surface area contributed by atoms with Crippen molar-refractivity contribution < 1.29 is 0 Å². The van der Waals surface area contributed by atoms with Crippen LogP contribution in [0.25, 0.3) is 10.9 Å². The molecular weight excluding hydrogens is 458 g/mol. The van der Waals surface area contributed by atoms with Gasteiger partial charge in [-0.1, -0.05) is 66.2 Å². The molecule has 2 aliphatic rings. The van der Waals surface area contributed by atoms with Crippen LogP contribution in [0.2, 0.25) is 5.02 Å². The predicted molar refractivity (Wildman–Crippen MR) is 141 cm³/mol. The highest BCUT2D eigenvalue weighted by molar-refractivity contribution is 6.30. The topological polar surface area (TPSA) is 62.2 Å². The van der Waals surface area contributed by atoms with Crippen LogP contribution in [0, 0.1) is 0 Å². The van der Waals surface area contributed by atoms with Crippen molar-refractivity contribution in [3.63, 3.8) is 0 Å². The SMILES string of the molecule is CC1(C2CNCCN2C(c2ccccc2)c2ccc(Cl)cc2)Cn2c(c3ccccc3nc2=O)N1. The minimum Gasteiger partial charge on any atom is -0.362 e. The molecule has 3 atom stereocenters. The van der Waals surface area contributed by atoms with Gasteiger partial charge < -0.3 is 10.6 Å². The zero-order chi connectivity index (χ0) is 24.0. The average Bonchev–Trinajstić information content (AvgIpc) is 3.26. The molecule has 0 spiro atoms. The number of benzene rings is 3. The van der Waals surface area contributed by atoms with Crippen molar-refractivity contribution in [2.45, 2.75) is 31.1 Å². The summed E-state index contributed by atoms with van der Waals surface area (Å²) in [6.07, 6.45) is 0. The number of piperazine rings is 1. The quantitative estimate of drug-likeness (QED) is 0.451. The summed E-state index contributed by atoms with van der Waals surface area (Å²) in [7, 11) is 0.